The van der Waals surface area contributed by atoms with Crippen LogP contribution in [0, 0.1) is 11.8 Å². The summed E-state index contributed by atoms with van der Waals surface area (Å²) in [6.45, 7) is 3.73. The molecule has 3 fully saturated rings. The standard InChI is InChI=1S/C25H29ClN2O2/c1-30-20-10-8-17(9-11-20)21-16-28(25(29)18-6-7-18)24-12-13-27(15-22(21)24)14-19-4-2-3-5-23(19)26/h2-5,8-11,18,21-22,24H,6-7,12-16H2,1H3/t21-,22-,24-/m1/s1. The number of carbonyl (C=O) groups is 1. The Morgan fingerprint density at radius 2 is 1.83 bits per heavy atom. The zero-order valence-electron chi connectivity index (χ0n) is 17.5. The molecule has 2 saturated heterocycles. The molecule has 3 aliphatic rings. The van der Waals surface area contributed by atoms with Crippen molar-refractivity contribution in [1.82, 2.24) is 9.80 Å². The summed E-state index contributed by atoms with van der Waals surface area (Å²) in [5, 5.41) is 0.836. The number of rotatable bonds is 5. The maximum absolute atomic E-state index is 13.0. The first-order valence-electron chi connectivity index (χ1n) is 11.0. The van der Waals surface area contributed by atoms with Gasteiger partial charge in [-0.2, -0.15) is 0 Å². The molecule has 2 aromatic rings. The Morgan fingerprint density at radius 1 is 1.07 bits per heavy atom. The quantitative estimate of drug-likeness (QED) is 0.704. The predicted octanol–water partition coefficient (Wildman–Crippen LogP) is 4.58. The number of ether oxygens (including phenoxy) is 1. The van der Waals surface area contributed by atoms with Gasteiger partial charge >= 0.3 is 0 Å². The molecule has 30 heavy (non-hydrogen) atoms. The van der Waals surface area contributed by atoms with Crippen molar-refractivity contribution in [3.05, 3.63) is 64.7 Å². The number of methoxy groups -OCH3 is 1. The van der Waals surface area contributed by atoms with Gasteiger partial charge in [0, 0.05) is 55.0 Å². The van der Waals surface area contributed by atoms with Crippen LogP contribution in [0.4, 0.5) is 0 Å². The lowest BCUT2D eigenvalue weighted by Crippen LogP contribution is -2.48. The SMILES string of the molecule is COc1ccc([C@H]2CN(C(=O)C3CC3)[C@@H]3CCN(Cc4ccccc4Cl)C[C@H]23)cc1. The van der Waals surface area contributed by atoms with Crippen molar-refractivity contribution in [2.75, 3.05) is 26.7 Å². The minimum absolute atomic E-state index is 0.279. The Balaban J connectivity index is 1.38. The second-order valence-corrected chi connectivity index (χ2v) is 9.40. The molecule has 1 saturated carbocycles. The van der Waals surface area contributed by atoms with Crippen molar-refractivity contribution >= 4 is 17.5 Å². The van der Waals surface area contributed by atoms with Crippen LogP contribution in [0.5, 0.6) is 5.75 Å². The van der Waals surface area contributed by atoms with Crippen LogP contribution in [0.1, 0.15) is 36.3 Å². The number of likely N-dealkylation sites (tertiary alicyclic amines) is 2. The second-order valence-electron chi connectivity index (χ2n) is 8.99. The van der Waals surface area contributed by atoms with E-state index >= 15 is 0 Å². The summed E-state index contributed by atoms with van der Waals surface area (Å²) in [6, 6.07) is 16.9. The first-order valence-corrected chi connectivity index (χ1v) is 11.4. The average Bonchev–Trinajstić information content (AvgIpc) is 3.56. The van der Waals surface area contributed by atoms with E-state index < -0.39 is 0 Å². The van der Waals surface area contributed by atoms with E-state index in [2.05, 4.69) is 34.1 Å². The summed E-state index contributed by atoms with van der Waals surface area (Å²) in [7, 11) is 1.70. The molecule has 0 aromatic heterocycles. The van der Waals surface area contributed by atoms with Gasteiger partial charge in [-0.15, -0.1) is 0 Å². The Morgan fingerprint density at radius 3 is 2.53 bits per heavy atom. The maximum atomic E-state index is 13.0. The lowest BCUT2D eigenvalue weighted by Gasteiger charge is -2.39. The Bertz CT molecular complexity index is 912. The third-order valence-corrected chi connectivity index (χ3v) is 7.49. The Kier molecular flexibility index (Phi) is 5.46. The highest BCUT2D eigenvalue weighted by Crippen LogP contribution is 2.44. The fourth-order valence-electron chi connectivity index (χ4n) is 5.34. The largest absolute Gasteiger partial charge is 0.497 e. The molecule has 2 aliphatic heterocycles. The summed E-state index contributed by atoms with van der Waals surface area (Å²) in [6.07, 6.45) is 3.18. The van der Waals surface area contributed by atoms with Gasteiger partial charge in [0.1, 0.15) is 5.75 Å². The number of hydrogen-bond donors (Lipinski definition) is 0. The molecule has 0 spiro atoms. The molecule has 2 aromatic carbocycles. The molecule has 3 atom stereocenters. The van der Waals surface area contributed by atoms with Gasteiger partial charge in [-0.05, 0) is 48.6 Å². The number of nitrogens with zero attached hydrogens (tertiary/aromatic N) is 2. The molecular formula is C25H29ClN2O2. The summed E-state index contributed by atoms with van der Waals surface area (Å²) in [4.78, 5) is 17.8. The van der Waals surface area contributed by atoms with E-state index in [0.29, 0.717) is 23.8 Å². The number of halogens is 1. The zero-order valence-corrected chi connectivity index (χ0v) is 18.2. The number of benzene rings is 2. The van der Waals surface area contributed by atoms with E-state index in [9.17, 15) is 4.79 Å². The first-order chi connectivity index (χ1) is 14.6. The third kappa shape index (κ3) is 3.83. The highest BCUT2D eigenvalue weighted by atomic mass is 35.5. The molecule has 158 valence electrons. The van der Waals surface area contributed by atoms with Crippen LogP contribution >= 0.6 is 11.6 Å². The highest BCUT2D eigenvalue weighted by Gasteiger charge is 2.49. The van der Waals surface area contributed by atoms with E-state index in [1.807, 2.05) is 24.3 Å². The Labute approximate surface area is 183 Å². The summed E-state index contributed by atoms with van der Waals surface area (Å²) >= 11 is 6.42. The lowest BCUT2D eigenvalue weighted by molar-refractivity contribution is -0.134. The topological polar surface area (TPSA) is 32.8 Å². The molecular weight excluding hydrogens is 396 g/mol. The number of fused-ring (bicyclic) bond motifs is 1. The van der Waals surface area contributed by atoms with Gasteiger partial charge in [-0.1, -0.05) is 41.9 Å². The fourth-order valence-corrected chi connectivity index (χ4v) is 5.53. The maximum Gasteiger partial charge on any atom is 0.225 e. The van der Waals surface area contributed by atoms with Gasteiger partial charge in [0.2, 0.25) is 5.91 Å². The zero-order chi connectivity index (χ0) is 20.7. The van der Waals surface area contributed by atoms with Crippen LogP contribution in [-0.2, 0) is 11.3 Å². The van der Waals surface area contributed by atoms with E-state index in [-0.39, 0.29) is 5.92 Å². The van der Waals surface area contributed by atoms with Crippen LogP contribution in [-0.4, -0.2) is 48.5 Å². The van der Waals surface area contributed by atoms with Gasteiger partial charge in [0.05, 0.1) is 7.11 Å². The minimum atomic E-state index is 0.279. The van der Waals surface area contributed by atoms with Crippen LogP contribution in [0.2, 0.25) is 5.02 Å². The van der Waals surface area contributed by atoms with Gasteiger partial charge < -0.3 is 9.64 Å². The molecule has 0 N–H and O–H groups in total. The monoisotopic (exact) mass is 424 g/mol. The van der Waals surface area contributed by atoms with Gasteiger partial charge in [0.15, 0.2) is 0 Å². The summed E-state index contributed by atoms with van der Waals surface area (Å²) in [5.41, 5.74) is 2.50. The number of carbonyl (C=O) groups excluding carboxylic acids is 1. The van der Waals surface area contributed by atoms with Crippen LogP contribution < -0.4 is 4.74 Å². The smallest absolute Gasteiger partial charge is 0.225 e. The molecule has 0 bridgehead atoms. The van der Waals surface area contributed by atoms with Crippen LogP contribution in [0.15, 0.2) is 48.5 Å². The number of piperidine rings is 1. The lowest BCUT2D eigenvalue weighted by atomic mass is 9.81. The van der Waals surface area contributed by atoms with E-state index in [1.165, 1.54) is 11.1 Å². The molecule has 5 rings (SSSR count). The molecule has 0 unspecified atom stereocenters. The summed E-state index contributed by atoms with van der Waals surface area (Å²) in [5.74, 6) is 2.38. The van der Waals surface area contributed by atoms with Gasteiger partial charge in [-0.25, -0.2) is 0 Å². The van der Waals surface area contributed by atoms with Crippen molar-refractivity contribution in [2.45, 2.75) is 37.8 Å². The van der Waals surface area contributed by atoms with Crippen molar-refractivity contribution in [3.8, 4) is 5.75 Å². The van der Waals surface area contributed by atoms with E-state index in [0.717, 1.165) is 56.2 Å². The predicted molar refractivity (Wildman–Crippen MR) is 119 cm³/mol. The third-order valence-electron chi connectivity index (χ3n) is 7.12. The normalized spacial score (nSPS) is 26.5. The first kappa shape index (κ1) is 19.9. The molecule has 1 aliphatic carbocycles. The van der Waals surface area contributed by atoms with Crippen molar-refractivity contribution in [1.29, 1.82) is 0 Å². The molecule has 5 heteroatoms. The Hall–Kier alpha value is -2.04. The summed E-state index contributed by atoms with van der Waals surface area (Å²) < 4.78 is 5.35. The van der Waals surface area contributed by atoms with Crippen LogP contribution in [0.25, 0.3) is 0 Å². The van der Waals surface area contributed by atoms with E-state index in [1.54, 1.807) is 7.11 Å². The number of hydrogen-bond acceptors (Lipinski definition) is 3. The second kappa shape index (κ2) is 8.24. The van der Waals surface area contributed by atoms with Crippen molar-refractivity contribution in [3.63, 3.8) is 0 Å². The molecule has 2 heterocycles. The molecule has 0 radical (unpaired) electrons. The van der Waals surface area contributed by atoms with Crippen LogP contribution in [0.3, 0.4) is 0 Å². The van der Waals surface area contributed by atoms with Gasteiger partial charge in [0.25, 0.3) is 0 Å². The van der Waals surface area contributed by atoms with Gasteiger partial charge in [-0.3, -0.25) is 9.69 Å². The average molecular weight is 425 g/mol. The minimum Gasteiger partial charge on any atom is -0.497 e. The fraction of sp³-hybridized carbons (Fsp3) is 0.480. The van der Waals surface area contributed by atoms with Crippen molar-refractivity contribution in [2.24, 2.45) is 11.8 Å². The number of amides is 1. The molecule has 4 nitrogen and oxygen atoms in total. The van der Waals surface area contributed by atoms with E-state index in [4.69, 9.17) is 16.3 Å². The van der Waals surface area contributed by atoms with Crippen molar-refractivity contribution < 1.29 is 9.53 Å². The molecule has 1 amide bonds. The highest BCUT2D eigenvalue weighted by molar-refractivity contribution is 6.31.